The number of carbonyl (C=O) groups excluding carboxylic acids is 3. The van der Waals surface area contributed by atoms with Crippen molar-refractivity contribution in [1.82, 2.24) is 25.5 Å². The van der Waals surface area contributed by atoms with Crippen molar-refractivity contribution in [1.29, 1.82) is 0 Å². The van der Waals surface area contributed by atoms with Crippen LogP contribution in [-0.4, -0.2) is 58.8 Å². The van der Waals surface area contributed by atoms with E-state index in [0.717, 1.165) is 72.8 Å². The zero-order valence-corrected chi connectivity index (χ0v) is 23.9. The van der Waals surface area contributed by atoms with Gasteiger partial charge in [-0.05, 0) is 73.5 Å². The van der Waals surface area contributed by atoms with Crippen molar-refractivity contribution < 1.29 is 14.4 Å². The van der Waals surface area contributed by atoms with Crippen LogP contribution in [0.25, 0.3) is 11.1 Å². The van der Waals surface area contributed by atoms with Crippen LogP contribution >= 0.6 is 11.6 Å². The van der Waals surface area contributed by atoms with Gasteiger partial charge < -0.3 is 15.1 Å². The van der Waals surface area contributed by atoms with Crippen LogP contribution in [0.4, 0.5) is 5.95 Å². The lowest BCUT2D eigenvalue weighted by Gasteiger charge is -2.32. The Bertz CT molecular complexity index is 1390. The summed E-state index contributed by atoms with van der Waals surface area (Å²) < 4.78 is 0. The van der Waals surface area contributed by atoms with Gasteiger partial charge in [0, 0.05) is 67.2 Å². The van der Waals surface area contributed by atoms with Crippen molar-refractivity contribution in [3.63, 3.8) is 0 Å². The largest absolute Gasteiger partial charge is 0.341 e. The minimum absolute atomic E-state index is 0.00218. The standard InChI is InChI=1S/C31H35ClN6O3/c1-21(5-8-29(40)36-20-39)38-19-25-13-23(6-7-28(25)30(38)41)16-33-15-22-9-11-37(12-10-22)31-34-17-26(18-35-31)24-3-2-4-27(32)14-24/h2-4,6-7,13-14,17-18,20-22,33H,5,8-12,15-16,19H2,1H3,(H,36,39,40). The quantitative estimate of drug-likeness (QED) is 0.330. The fourth-order valence-corrected chi connectivity index (χ4v) is 5.75. The van der Waals surface area contributed by atoms with E-state index in [0.29, 0.717) is 30.3 Å². The molecular weight excluding hydrogens is 540 g/mol. The summed E-state index contributed by atoms with van der Waals surface area (Å²) in [7, 11) is 0. The summed E-state index contributed by atoms with van der Waals surface area (Å²) in [5, 5.41) is 6.45. The predicted molar refractivity (Wildman–Crippen MR) is 158 cm³/mol. The lowest BCUT2D eigenvalue weighted by Crippen LogP contribution is -2.38. The van der Waals surface area contributed by atoms with Gasteiger partial charge in [-0.3, -0.25) is 19.7 Å². The molecular formula is C31H35ClN6O3. The van der Waals surface area contributed by atoms with Gasteiger partial charge in [0.1, 0.15) is 0 Å². The number of fused-ring (bicyclic) bond motifs is 1. The van der Waals surface area contributed by atoms with Gasteiger partial charge >= 0.3 is 0 Å². The molecule has 2 aliphatic rings. The van der Waals surface area contributed by atoms with Crippen LogP contribution in [0.15, 0.2) is 54.9 Å². The van der Waals surface area contributed by atoms with Crippen LogP contribution < -0.4 is 15.5 Å². The van der Waals surface area contributed by atoms with E-state index in [1.54, 1.807) is 4.90 Å². The van der Waals surface area contributed by atoms with Crippen molar-refractivity contribution in [3.05, 3.63) is 76.6 Å². The molecule has 10 heteroatoms. The molecule has 41 heavy (non-hydrogen) atoms. The van der Waals surface area contributed by atoms with Crippen molar-refractivity contribution in [2.24, 2.45) is 5.92 Å². The van der Waals surface area contributed by atoms with E-state index in [-0.39, 0.29) is 24.3 Å². The molecule has 0 aliphatic carbocycles. The summed E-state index contributed by atoms with van der Waals surface area (Å²) in [6.45, 7) is 6.01. The minimum Gasteiger partial charge on any atom is -0.341 e. The Labute approximate surface area is 245 Å². The zero-order valence-electron chi connectivity index (χ0n) is 23.2. The molecule has 1 saturated heterocycles. The lowest BCUT2D eigenvalue weighted by molar-refractivity contribution is -0.125. The first kappa shape index (κ1) is 28.7. The lowest BCUT2D eigenvalue weighted by atomic mass is 9.97. The first-order chi connectivity index (χ1) is 19.9. The SMILES string of the molecule is CC(CCC(=O)NC=O)N1Cc2cc(CNCC3CCN(c4ncc(-c5cccc(Cl)c5)cn4)CC3)ccc2C1=O. The van der Waals surface area contributed by atoms with Crippen molar-refractivity contribution in [2.45, 2.75) is 51.7 Å². The van der Waals surface area contributed by atoms with E-state index in [4.69, 9.17) is 11.6 Å². The Morgan fingerprint density at radius 3 is 2.63 bits per heavy atom. The fourth-order valence-electron chi connectivity index (χ4n) is 5.56. The van der Waals surface area contributed by atoms with Gasteiger partial charge in [0.25, 0.3) is 5.91 Å². The molecule has 1 atom stereocenters. The van der Waals surface area contributed by atoms with Crippen LogP contribution in [0.5, 0.6) is 0 Å². The molecule has 0 bridgehead atoms. The molecule has 2 N–H and O–H groups in total. The molecule has 1 aromatic heterocycles. The van der Waals surface area contributed by atoms with Crippen LogP contribution in [0.3, 0.4) is 0 Å². The zero-order chi connectivity index (χ0) is 28.8. The number of nitrogens with zero attached hydrogens (tertiary/aromatic N) is 4. The molecule has 5 rings (SSSR count). The van der Waals surface area contributed by atoms with Crippen LogP contribution in [0.1, 0.15) is 54.1 Å². The van der Waals surface area contributed by atoms with Crippen LogP contribution in [0.2, 0.25) is 5.02 Å². The minimum atomic E-state index is -0.327. The second kappa shape index (κ2) is 13.2. The van der Waals surface area contributed by atoms with Gasteiger partial charge in [0.2, 0.25) is 18.3 Å². The smallest absolute Gasteiger partial charge is 0.254 e. The fraction of sp³-hybridized carbons (Fsp3) is 0.387. The number of aromatic nitrogens is 2. The first-order valence-electron chi connectivity index (χ1n) is 14.1. The molecule has 1 unspecified atom stereocenters. The molecule has 1 fully saturated rings. The Morgan fingerprint density at radius 2 is 1.90 bits per heavy atom. The number of nitrogens with one attached hydrogen (secondary N) is 2. The molecule has 2 aromatic carbocycles. The average Bonchev–Trinajstić information content (AvgIpc) is 3.32. The highest BCUT2D eigenvalue weighted by atomic mass is 35.5. The molecule has 0 radical (unpaired) electrons. The highest BCUT2D eigenvalue weighted by Crippen LogP contribution is 2.28. The Balaban J connectivity index is 1.06. The number of amides is 3. The van der Waals surface area contributed by atoms with E-state index < -0.39 is 0 Å². The molecule has 3 aromatic rings. The number of hydrogen-bond acceptors (Lipinski definition) is 7. The molecule has 0 spiro atoms. The van der Waals surface area contributed by atoms with Crippen LogP contribution in [0, 0.1) is 5.92 Å². The molecule has 9 nitrogen and oxygen atoms in total. The number of benzene rings is 2. The maximum atomic E-state index is 12.9. The van der Waals surface area contributed by atoms with Crippen molar-refractivity contribution in [2.75, 3.05) is 24.5 Å². The molecule has 214 valence electrons. The number of rotatable bonds is 11. The average molecular weight is 575 g/mol. The molecule has 3 amide bonds. The van der Waals surface area contributed by atoms with Gasteiger partial charge in [0.05, 0.1) is 0 Å². The van der Waals surface area contributed by atoms with Crippen LogP contribution in [-0.2, 0) is 22.7 Å². The number of hydrogen-bond donors (Lipinski definition) is 2. The van der Waals surface area contributed by atoms with E-state index in [1.165, 1.54) is 0 Å². The van der Waals surface area contributed by atoms with Gasteiger partial charge in [-0.25, -0.2) is 9.97 Å². The summed E-state index contributed by atoms with van der Waals surface area (Å²) in [6, 6.07) is 13.6. The predicted octanol–water partition coefficient (Wildman–Crippen LogP) is 4.20. The Hall–Kier alpha value is -3.82. The third-order valence-electron chi connectivity index (χ3n) is 8.00. The summed E-state index contributed by atoms with van der Waals surface area (Å²) in [5.41, 5.74) is 4.87. The van der Waals surface area contributed by atoms with Gasteiger partial charge in [-0.1, -0.05) is 35.9 Å². The maximum absolute atomic E-state index is 12.9. The summed E-state index contributed by atoms with van der Waals surface area (Å²) >= 11 is 6.11. The topological polar surface area (TPSA) is 108 Å². The second-order valence-corrected chi connectivity index (χ2v) is 11.3. The highest BCUT2D eigenvalue weighted by molar-refractivity contribution is 6.30. The molecule has 3 heterocycles. The van der Waals surface area contributed by atoms with Gasteiger partial charge in [-0.2, -0.15) is 0 Å². The maximum Gasteiger partial charge on any atom is 0.254 e. The highest BCUT2D eigenvalue weighted by Gasteiger charge is 2.31. The Kier molecular flexibility index (Phi) is 9.26. The Morgan fingerprint density at radius 1 is 1.12 bits per heavy atom. The third kappa shape index (κ3) is 7.10. The molecule has 2 aliphatic heterocycles. The van der Waals surface area contributed by atoms with E-state index in [2.05, 4.69) is 31.6 Å². The van der Waals surface area contributed by atoms with Crippen molar-refractivity contribution >= 4 is 35.8 Å². The van der Waals surface area contributed by atoms with E-state index >= 15 is 0 Å². The number of carbonyl (C=O) groups is 3. The van der Waals surface area contributed by atoms with Gasteiger partial charge in [0.15, 0.2) is 0 Å². The summed E-state index contributed by atoms with van der Waals surface area (Å²) in [4.78, 5) is 48.2. The summed E-state index contributed by atoms with van der Waals surface area (Å²) in [5.74, 6) is 1.02. The second-order valence-electron chi connectivity index (χ2n) is 10.8. The number of halogens is 1. The number of anilines is 1. The van der Waals surface area contributed by atoms with E-state index in [9.17, 15) is 14.4 Å². The van der Waals surface area contributed by atoms with Gasteiger partial charge in [-0.15, -0.1) is 0 Å². The first-order valence-corrected chi connectivity index (χ1v) is 14.5. The summed E-state index contributed by atoms with van der Waals surface area (Å²) in [6.07, 6.45) is 6.97. The number of imide groups is 1. The number of piperidine rings is 1. The van der Waals surface area contributed by atoms with Crippen molar-refractivity contribution in [3.8, 4) is 11.1 Å². The third-order valence-corrected chi connectivity index (χ3v) is 8.23. The van der Waals surface area contributed by atoms with E-state index in [1.807, 2.05) is 55.7 Å². The monoisotopic (exact) mass is 574 g/mol. The molecule has 0 saturated carbocycles. The normalized spacial score (nSPS) is 16.0.